The van der Waals surface area contributed by atoms with Crippen LogP contribution in [0.2, 0.25) is 0 Å². The highest BCUT2D eigenvalue weighted by Gasteiger charge is 2.08. The van der Waals surface area contributed by atoms with Crippen molar-refractivity contribution in [1.29, 1.82) is 0 Å². The summed E-state index contributed by atoms with van der Waals surface area (Å²) in [5.74, 6) is 0.0513. The quantitative estimate of drug-likeness (QED) is 0.729. The van der Waals surface area contributed by atoms with E-state index in [9.17, 15) is 4.39 Å². The Morgan fingerprint density at radius 1 is 1.17 bits per heavy atom. The molecule has 0 aliphatic heterocycles. The Kier molecular flexibility index (Phi) is 3.87. The van der Waals surface area contributed by atoms with E-state index >= 15 is 0 Å². The van der Waals surface area contributed by atoms with Crippen molar-refractivity contribution in [2.24, 2.45) is 0 Å². The summed E-state index contributed by atoms with van der Waals surface area (Å²) >= 11 is 5.77. The number of hydrogen-bond donors (Lipinski definition) is 0. The van der Waals surface area contributed by atoms with Crippen LogP contribution >= 0.6 is 11.6 Å². The number of rotatable bonds is 3. The highest BCUT2D eigenvalue weighted by Crippen LogP contribution is 2.28. The third kappa shape index (κ3) is 2.65. The number of halogens is 2. The SMILES string of the molecule is Cc1ccccc1N(C)c1cc(F)cc(CCl)c1. The lowest BCUT2D eigenvalue weighted by molar-refractivity contribution is 0.626. The van der Waals surface area contributed by atoms with Gasteiger partial charge in [0.05, 0.1) is 0 Å². The van der Waals surface area contributed by atoms with Crippen molar-refractivity contribution >= 4 is 23.0 Å². The zero-order chi connectivity index (χ0) is 13.1. The molecule has 1 nitrogen and oxygen atoms in total. The van der Waals surface area contributed by atoms with Gasteiger partial charge in [0.1, 0.15) is 5.82 Å². The van der Waals surface area contributed by atoms with Crippen molar-refractivity contribution in [1.82, 2.24) is 0 Å². The normalized spacial score (nSPS) is 10.4. The molecular formula is C15H15ClFN. The molecule has 0 bridgehead atoms. The molecule has 0 atom stereocenters. The molecular weight excluding hydrogens is 249 g/mol. The van der Waals surface area contributed by atoms with Crippen LogP contribution in [0.1, 0.15) is 11.1 Å². The highest BCUT2D eigenvalue weighted by molar-refractivity contribution is 6.17. The van der Waals surface area contributed by atoms with E-state index < -0.39 is 0 Å². The average molecular weight is 264 g/mol. The first kappa shape index (κ1) is 12.9. The summed E-state index contributed by atoms with van der Waals surface area (Å²) in [5, 5.41) is 0. The number of aryl methyl sites for hydroxylation is 1. The van der Waals surface area contributed by atoms with Gasteiger partial charge in [0.25, 0.3) is 0 Å². The van der Waals surface area contributed by atoms with Gasteiger partial charge in [-0.25, -0.2) is 4.39 Å². The van der Waals surface area contributed by atoms with E-state index in [1.165, 1.54) is 12.1 Å². The Morgan fingerprint density at radius 3 is 2.56 bits per heavy atom. The van der Waals surface area contributed by atoms with Crippen LogP contribution in [0.15, 0.2) is 42.5 Å². The first-order chi connectivity index (χ1) is 8.61. The summed E-state index contributed by atoms with van der Waals surface area (Å²) in [4.78, 5) is 1.97. The minimum absolute atomic E-state index is 0.261. The van der Waals surface area contributed by atoms with Crippen molar-refractivity contribution < 1.29 is 4.39 Å². The zero-order valence-electron chi connectivity index (χ0n) is 10.5. The van der Waals surface area contributed by atoms with Crippen molar-refractivity contribution in [2.75, 3.05) is 11.9 Å². The minimum Gasteiger partial charge on any atom is -0.344 e. The molecule has 18 heavy (non-hydrogen) atoms. The maximum Gasteiger partial charge on any atom is 0.125 e. The van der Waals surface area contributed by atoms with Crippen LogP contribution in [0.3, 0.4) is 0 Å². The maximum absolute atomic E-state index is 13.5. The van der Waals surface area contributed by atoms with Crippen LogP contribution in [0.4, 0.5) is 15.8 Å². The van der Waals surface area contributed by atoms with Crippen molar-refractivity contribution in [3.63, 3.8) is 0 Å². The van der Waals surface area contributed by atoms with E-state index in [1.807, 2.05) is 49.2 Å². The van der Waals surface area contributed by atoms with E-state index in [0.29, 0.717) is 5.88 Å². The largest absolute Gasteiger partial charge is 0.344 e. The number of para-hydroxylation sites is 1. The predicted octanol–water partition coefficient (Wildman–Crippen LogP) is 4.64. The standard InChI is InChI=1S/C15H15ClFN/c1-11-5-3-4-6-15(11)18(2)14-8-12(10-16)7-13(17)9-14/h3-9H,10H2,1-2H3. The summed E-state index contributed by atoms with van der Waals surface area (Å²) in [6.45, 7) is 2.04. The van der Waals surface area contributed by atoms with Crippen molar-refractivity contribution in [2.45, 2.75) is 12.8 Å². The third-order valence-electron chi connectivity index (χ3n) is 2.96. The molecule has 0 saturated heterocycles. The molecule has 0 amide bonds. The second kappa shape index (κ2) is 5.40. The molecule has 0 aromatic heterocycles. The van der Waals surface area contributed by atoms with E-state index in [1.54, 1.807) is 0 Å². The molecule has 0 unspecified atom stereocenters. The second-order valence-corrected chi connectivity index (χ2v) is 4.56. The molecule has 0 aliphatic rings. The van der Waals surface area contributed by atoms with E-state index in [4.69, 9.17) is 11.6 Å². The molecule has 3 heteroatoms. The number of hydrogen-bond acceptors (Lipinski definition) is 1. The summed E-state index contributed by atoms with van der Waals surface area (Å²) in [5.41, 5.74) is 3.80. The summed E-state index contributed by atoms with van der Waals surface area (Å²) in [7, 11) is 1.93. The Bertz CT molecular complexity index is 554. The molecule has 0 fully saturated rings. The molecule has 2 aromatic carbocycles. The molecule has 0 heterocycles. The molecule has 2 aromatic rings. The van der Waals surface area contributed by atoms with Crippen LogP contribution in [-0.4, -0.2) is 7.05 Å². The first-order valence-corrected chi connectivity index (χ1v) is 6.30. The monoisotopic (exact) mass is 263 g/mol. The molecule has 0 radical (unpaired) electrons. The second-order valence-electron chi connectivity index (χ2n) is 4.30. The van der Waals surface area contributed by atoms with E-state index in [-0.39, 0.29) is 5.82 Å². The first-order valence-electron chi connectivity index (χ1n) is 5.76. The Morgan fingerprint density at radius 2 is 1.89 bits per heavy atom. The van der Waals surface area contributed by atoms with E-state index in [2.05, 4.69) is 0 Å². The van der Waals surface area contributed by atoms with Gasteiger partial charge in [-0.3, -0.25) is 0 Å². The number of nitrogens with zero attached hydrogens (tertiary/aromatic N) is 1. The predicted molar refractivity (Wildman–Crippen MR) is 75.2 cm³/mol. The zero-order valence-corrected chi connectivity index (χ0v) is 11.2. The Labute approximate surface area is 112 Å². The van der Waals surface area contributed by atoms with Gasteiger partial charge in [-0.15, -0.1) is 11.6 Å². The van der Waals surface area contributed by atoms with Gasteiger partial charge < -0.3 is 4.90 Å². The van der Waals surface area contributed by atoms with Gasteiger partial charge in [-0.1, -0.05) is 18.2 Å². The topological polar surface area (TPSA) is 3.24 Å². The van der Waals surface area contributed by atoms with Crippen LogP contribution in [-0.2, 0) is 5.88 Å². The lowest BCUT2D eigenvalue weighted by Crippen LogP contribution is -2.11. The number of benzene rings is 2. The summed E-state index contributed by atoms with van der Waals surface area (Å²) in [6, 6.07) is 12.9. The molecule has 94 valence electrons. The minimum atomic E-state index is -0.261. The fourth-order valence-electron chi connectivity index (χ4n) is 1.98. The van der Waals surface area contributed by atoms with Gasteiger partial charge in [0, 0.05) is 24.3 Å². The lowest BCUT2D eigenvalue weighted by Gasteiger charge is -2.22. The fourth-order valence-corrected chi connectivity index (χ4v) is 2.14. The van der Waals surface area contributed by atoms with Gasteiger partial charge in [-0.2, -0.15) is 0 Å². The highest BCUT2D eigenvalue weighted by atomic mass is 35.5. The van der Waals surface area contributed by atoms with Gasteiger partial charge in [0.2, 0.25) is 0 Å². The molecule has 0 saturated carbocycles. The van der Waals surface area contributed by atoms with Gasteiger partial charge in [0.15, 0.2) is 0 Å². The lowest BCUT2D eigenvalue weighted by atomic mass is 10.1. The number of alkyl halides is 1. The van der Waals surface area contributed by atoms with Crippen LogP contribution in [0.5, 0.6) is 0 Å². The van der Waals surface area contributed by atoms with Gasteiger partial charge in [-0.05, 0) is 42.3 Å². The average Bonchev–Trinajstić information content (AvgIpc) is 2.37. The molecule has 0 spiro atoms. The smallest absolute Gasteiger partial charge is 0.125 e. The maximum atomic E-state index is 13.5. The van der Waals surface area contributed by atoms with Crippen LogP contribution in [0, 0.1) is 12.7 Å². The Hall–Kier alpha value is -1.54. The number of anilines is 2. The Balaban J connectivity index is 2.43. The van der Waals surface area contributed by atoms with E-state index in [0.717, 1.165) is 22.5 Å². The molecule has 0 N–H and O–H groups in total. The van der Waals surface area contributed by atoms with Crippen LogP contribution in [0.25, 0.3) is 0 Å². The summed E-state index contributed by atoms with van der Waals surface area (Å²) < 4.78 is 13.5. The summed E-state index contributed by atoms with van der Waals surface area (Å²) in [6.07, 6.45) is 0. The molecule has 0 aliphatic carbocycles. The third-order valence-corrected chi connectivity index (χ3v) is 3.27. The van der Waals surface area contributed by atoms with Gasteiger partial charge >= 0.3 is 0 Å². The van der Waals surface area contributed by atoms with Crippen molar-refractivity contribution in [3.8, 4) is 0 Å². The molecule has 2 rings (SSSR count). The fraction of sp³-hybridized carbons (Fsp3) is 0.200. The van der Waals surface area contributed by atoms with Crippen molar-refractivity contribution in [3.05, 3.63) is 59.4 Å². The van der Waals surface area contributed by atoms with Crippen LogP contribution < -0.4 is 4.90 Å².